The first kappa shape index (κ1) is 21.1. The lowest BCUT2D eigenvalue weighted by Gasteiger charge is -2.09. The lowest BCUT2D eigenvalue weighted by molar-refractivity contribution is 0.183. The van der Waals surface area contributed by atoms with Crippen LogP contribution in [-0.4, -0.2) is 48.5 Å². The summed E-state index contributed by atoms with van der Waals surface area (Å²) in [5.74, 6) is -0.878. The number of aromatic nitrogens is 7. The summed E-state index contributed by atoms with van der Waals surface area (Å²) < 4.78 is 23.1. The second kappa shape index (κ2) is 8.91. The molecule has 0 spiro atoms. The van der Waals surface area contributed by atoms with Crippen LogP contribution >= 0.6 is 0 Å². The van der Waals surface area contributed by atoms with Gasteiger partial charge in [-0.3, -0.25) is 4.68 Å². The Bertz CT molecular complexity index is 1310. The average molecular weight is 433 g/mol. The minimum atomic E-state index is -0.779. The van der Waals surface area contributed by atoms with Gasteiger partial charge in [-0.05, 0) is 24.6 Å². The largest absolute Gasteiger partial charge is 0.383 e. The SMILES string of the molecule is COCCn1ccc(Cn2cc(-c3nc(-c4cccc(C#N)c4C)nc(N)c3F)nn2)n1. The van der Waals surface area contributed by atoms with Gasteiger partial charge in [-0.15, -0.1) is 5.10 Å². The zero-order valence-electron chi connectivity index (χ0n) is 17.5. The molecule has 0 aliphatic rings. The van der Waals surface area contributed by atoms with Gasteiger partial charge in [-0.2, -0.15) is 10.4 Å². The van der Waals surface area contributed by atoms with Crippen LogP contribution in [0.25, 0.3) is 22.8 Å². The van der Waals surface area contributed by atoms with E-state index in [1.54, 1.807) is 43.1 Å². The van der Waals surface area contributed by atoms with E-state index in [2.05, 4.69) is 31.4 Å². The summed E-state index contributed by atoms with van der Waals surface area (Å²) in [4.78, 5) is 8.41. The number of hydrogen-bond acceptors (Lipinski definition) is 8. The first-order chi connectivity index (χ1) is 15.5. The fourth-order valence-electron chi connectivity index (χ4n) is 3.20. The van der Waals surface area contributed by atoms with Gasteiger partial charge in [0.05, 0.1) is 43.2 Å². The number of hydrogen-bond donors (Lipinski definition) is 1. The summed E-state index contributed by atoms with van der Waals surface area (Å²) in [7, 11) is 1.63. The third kappa shape index (κ3) is 4.17. The van der Waals surface area contributed by atoms with Crippen LogP contribution in [0.4, 0.5) is 10.2 Å². The first-order valence-corrected chi connectivity index (χ1v) is 9.75. The van der Waals surface area contributed by atoms with Gasteiger partial charge in [0, 0.05) is 18.9 Å². The summed E-state index contributed by atoms with van der Waals surface area (Å²) in [6.45, 7) is 3.33. The van der Waals surface area contributed by atoms with Crippen molar-refractivity contribution in [1.29, 1.82) is 5.26 Å². The Kier molecular flexibility index (Phi) is 5.87. The number of nitrogens with zero attached hydrogens (tertiary/aromatic N) is 8. The molecule has 11 heteroatoms. The normalized spacial score (nSPS) is 10.9. The van der Waals surface area contributed by atoms with Crippen molar-refractivity contribution in [3.63, 3.8) is 0 Å². The van der Waals surface area contributed by atoms with Crippen LogP contribution < -0.4 is 5.73 Å². The molecule has 0 unspecified atom stereocenters. The summed E-state index contributed by atoms with van der Waals surface area (Å²) in [5, 5.41) is 21.8. The number of rotatable bonds is 7. The number of ether oxygens (including phenoxy) is 1. The quantitative estimate of drug-likeness (QED) is 0.469. The molecule has 162 valence electrons. The Morgan fingerprint density at radius 3 is 2.84 bits per heavy atom. The van der Waals surface area contributed by atoms with E-state index in [0.29, 0.717) is 36.4 Å². The highest BCUT2D eigenvalue weighted by Gasteiger charge is 2.19. The van der Waals surface area contributed by atoms with Crippen LogP contribution in [0.1, 0.15) is 16.8 Å². The predicted molar refractivity (Wildman–Crippen MR) is 114 cm³/mol. The molecule has 0 radical (unpaired) electrons. The lowest BCUT2D eigenvalue weighted by atomic mass is 10.0. The lowest BCUT2D eigenvalue weighted by Crippen LogP contribution is -2.07. The van der Waals surface area contributed by atoms with Crippen LogP contribution in [0.3, 0.4) is 0 Å². The van der Waals surface area contributed by atoms with E-state index in [4.69, 9.17) is 10.5 Å². The monoisotopic (exact) mass is 433 g/mol. The molecule has 0 aliphatic carbocycles. The molecule has 10 nitrogen and oxygen atoms in total. The molecule has 0 atom stereocenters. The molecular formula is C21H20FN9O. The third-order valence-electron chi connectivity index (χ3n) is 4.90. The Balaban J connectivity index is 1.64. The molecule has 0 fully saturated rings. The highest BCUT2D eigenvalue weighted by Crippen LogP contribution is 2.28. The molecule has 0 amide bonds. The Hall–Kier alpha value is -4.17. The highest BCUT2D eigenvalue weighted by molar-refractivity contribution is 5.69. The van der Waals surface area contributed by atoms with E-state index in [-0.39, 0.29) is 23.0 Å². The standard InChI is InChI=1S/C21H20FN9O/c1-13-14(10-23)4-3-5-16(13)21-25-19(18(22)20(24)26-21)17-12-31(29-27-17)11-15-6-7-30(28-15)8-9-32-2/h3-7,12H,8-9,11H2,1-2H3,(H2,24,25,26). The molecule has 0 aliphatic heterocycles. The van der Waals surface area contributed by atoms with Crippen molar-refractivity contribution in [2.45, 2.75) is 20.0 Å². The van der Waals surface area contributed by atoms with Crippen molar-refractivity contribution in [2.75, 3.05) is 19.5 Å². The van der Waals surface area contributed by atoms with Gasteiger partial charge in [-0.25, -0.2) is 19.0 Å². The summed E-state index contributed by atoms with van der Waals surface area (Å²) >= 11 is 0. The summed E-state index contributed by atoms with van der Waals surface area (Å²) in [6.07, 6.45) is 3.42. The molecule has 32 heavy (non-hydrogen) atoms. The van der Waals surface area contributed by atoms with Gasteiger partial charge in [0.15, 0.2) is 17.5 Å². The Labute approximate surface area is 183 Å². The van der Waals surface area contributed by atoms with Crippen LogP contribution in [0.15, 0.2) is 36.7 Å². The maximum Gasteiger partial charge on any atom is 0.193 e. The van der Waals surface area contributed by atoms with Gasteiger partial charge in [0.1, 0.15) is 11.4 Å². The number of halogens is 1. The number of nitrogens with two attached hydrogens (primary N) is 1. The number of anilines is 1. The number of nitriles is 1. The second-order valence-corrected chi connectivity index (χ2v) is 7.05. The maximum atomic E-state index is 14.8. The zero-order valence-corrected chi connectivity index (χ0v) is 17.5. The summed E-state index contributed by atoms with van der Waals surface area (Å²) in [6, 6.07) is 9.14. The average Bonchev–Trinajstić information content (AvgIpc) is 3.44. The van der Waals surface area contributed by atoms with Gasteiger partial charge in [-0.1, -0.05) is 17.3 Å². The predicted octanol–water partition coefficient (Wildman–Crippen LogP) is 2.19. The first-order valence-electron chi connectivity index (χ1n) is 9.75. The topological polar surface area (TPSA) is 133 Å². The van der Waals surface area contributed by atoms with E-state index in [0.717, 1.165) is 5.69 Å². The molecule has 2 N–H and O–H groups in total. The van der Waals surface area contributed by atoms with E-state index in [1.165, 1.54) is 4.68 Å². The fraction of sp³-hybridized carbons (Fsp3) is 0.238. The maximum absolute atomic E-state index is 14.8. The molecule has 4 rings (SSSR count). The molecule has 0 bridgehead atoms. The summed E-state index contributed by atoms with van der Waals surface area (Å²) in [5.41, 5.74) is 8.49. The highest BCUT2D eigenvalue weighted by atomic mass is 19.1. The van der Waals surface area contributed by atoms with E-state index in [1.807, 2.05) is 12.3 Å². The van der Waals surface area contributed by atoms with Crippen LogP contribution in [0.2, 0.25) is 0 Å². The van der Waals surface area contributed by atoms with Crippen molar-refractivity contribution in [1.82, 2.24) is 34.7 Å². The van der Waals surface area contributed by atoms with Gasteiger partial charge < -0.3 is 10.5 Å². The van der Waals surface area contributed by atoms with Crippen molar-refractivity contribution < 1.29 is 9.13 Å². The molecule has 4 aromatic rings. The van der Waals surface area contributed by atoms with E-state index >= 15 is 0 Å². The number of methoxy groups -OCH3 is 1. The Morgan fingerprint density at radius 2 is 2.06 bits per heavy atom. The zero-order chi connectivity index (χ0) is 22.7. The second-order valence-electron chi connectivity index (χ2n) is 7.05. The van der Waals surface area contributed by atoms with Crippen molar-refractivity contribution in [2.24, 2.45) is 0 Å². The number of benzene rings is 1. The van der Waals surface area contributed by atoms with Crippen LogP contribution in [0, 0.1) is 24.1 Å². The van der Waals surface area contributed by atoms with E-state index < -0.39 is 5.82 Å². The third-order valence-corrected chi connectivity index (χ3v) is 4.90. The number of nitrogen functional groups attached to an aromatic ring is 1. The molecule has 0 saturated heterocycles. The van der Waals surface area contributed by atoms with Crippen molar-refractivity contribution in [3.8, 4) is 28.8 Å². The molecule has 1 aromatic carbocycles. The van der Waals surface area contributed by atoms with Gasteiger partial charge in [0.25, 0.3) is 0 Å². The minimum absolute atomic E-state index is 0.0638. The van der Waals surface area contributed by atoms with Gasteiger partial charge >= 0.3 is 0 Å². The van der Waals surface area contributed by atoms with E-state index in [9.17, 15) is 9.65 Å². The van der Waals surface area contributed by atoms with Crippen molar-refractivity contribution >= 4 is 5.82 Å². The minimum Gasteiger partial charge on any atom is -0.383 e. The van der Waals surface area contributed by atoms with Crippen LogP contribution in [-0.2, 0) is 17.8 Å². The smallest absolute Gasteiger partial charge is 0.193 e. The molecule has 3 heterocycles. The fourth-order valence-corrected chi connectivity index (χ4v) is 3.20. The van der Waals surface area contributed by atoms with Gasteiger partial charge in [0.2, 0.25) is 0 Å². The molecule has 0 saturated carbocycles. The van der Waals surface area contributed by atoms with Crippen molar-refractivity contribution in [3.05, 3.63) is 59.3 Å². The molecule has 3 aromatic heterocycles. The van der Waals surface area contributed by atoms with Crippen LogP contribution in [0.5, 0.6) is 0 Å². The molecular weight excluding hydrogens is 413 g/mol. The Morgan fingerprint density at radius 1 is 1.22 bits per heavy atom.